The maximum atomic E-state index is 5.57. The topological polar surface area (TPSA) is 50.9 Å². The number of hydrogen-bond donors (Lipinski definition) is 2. The Labute approximate surface area is 107 Å². The molecule has 0 amide bonds. The van der Waals surface area contributed by atoms with Gasteiger partial charge < -0.3 is 11.1 Å². The van der Waals surface area contributed by atoms with Crippen LogP contribution in [0.25, 0.3) is 0 Å². The zero-order chi connectivity index (χ0) is 10.7. The molecule has 1 heterocycles. The highest BCUT2D eigenvalue weighted by molar-refractivity contribution is 7.09. The van der Waals surface area contributed by atoms with Gasteiger partial charge in [0, 0.05) is 24.2 Å². The van der Waals surface area contributed by atoms with Crippen LogP contribution in [-0.2, 0) is 5.54 Å². The molecule has 1 fully saturated rings. The van der Waals surface area contributed by atoms with Crippen molar-refractivity contribution < 1.29 is 0 Å². The van der Waals surface area contributed by atoms with Gasteiger partial charge in [-0.25, -0.2) is 4.98 Å². The minimum absolute atomic E-state index is 0. The monoisotopic (exact) mass is 261 g/mol. The predicted octanol–water partition coefficient (Wildman–Crippen LogP) is 2.19. The summed E-state index contributed by atoms with van der Waals surface area (Å²) < 4.78 is 0. The smallest absolute Gasteiger partial charge is 0.113 e. The summed E-state index contributed by atoms with van der Waals surface area (Å²) >= 11 is 1.78. The first-order valence-electron chi connectivity index (χ1n) is 5.64. The van der Waals surface area contributed by atoms with E-state index in [4.69, 9.17) is 5.73 Å². The van der Waals surface area contributed by atoms with Gasteiger partial charge in [-0.3, -0.25) is 0 Å². The maximum absolute atomic E-state index is 5.57. The number of aromatic nitrogens is 1. The van der Waals surface area contributed by atoms with Crippen molar-refractivity contribution in [1.82, 2.24) is 10.3 Å². The van der Waals surface area contributed by atoms with E-state index < -0.39 is 0 Å². The van der Waals surface area contributed by atoms with E-state index in [0.29, 0.717) is 6.54 Å². The first kappa shape index (κ1) is 13.9. The van der Waals surface area contributed by atoms with E-state index in [1.54, 1.807) is 11.3 Å². The number of hydrogen-bond acceptors (Lipinski definition) is 4. The summed E-state index contributed by atoms with van der Waals surface area (Å²) in [5.41, 5.74) is 6.84. The third kappa shape index (κ3) is 2.74. The number of thiazole rings is 1. The van der Waals surface area contributed by atoms with Crippen LogP contribution < -0.4 is 11.1 Å². The number of nitrogens with zero attached hydrogens (tertiary/aromatic N) is 1. The van der Waals surface area contributed by atoms with Crippen molar-refractivity contribution in [3.05, 3.63) is 16.1 Å². The summed E-state index contributed by atoms with van der Waals surface area (Å²) in [5.74, 6) is 0. The van der Waals surface area contributed by atoms with Crippen LogP contribution in [0.3, 0.4) is 0 Å². The quantitative estimate of drug-likeness (QED) is 0.874. The molecule has 0 unspecified atom stereocenters. The molecule has 1 aliphatic carbocycles. The van der Waals surface area contributed by atoms with Crippen LogP contribution in [0.15, 0.2) is 5.38 Å². The summed E-state index contributed by atoms with van der Waals surface area (Å²) in [4.78, 5) is 4.63. The van der Waals surface area contributed by atoms with Crippen molar-refractivity contribution in [3.8, 4) is 0 Å². The Morgan fingerprint density at radius 2 is 2.19 bits per heavy atom. The van der Waals surface area contributed by atoms with Gasteiger partial charge in [0.25, 0.3) is 0 Å². The molecular weight excluding hydrogens is 242 g/mol. The fraction of sp³-hybridized carbons (Fsp3) is 0.727. The maximum Gasteiger partial charge on any atom is 0.113 e. The van der Waals surface area contributed by atoms with Gasteiger partial charge in [0.05, 0.1) is 5.54 Å². The zero-order valence-corrected chi connectivity index (χ0v) is 11.3. The first-order valence-corrected chi connectivity index (χ1v) is 6.52. The molecule has 1 aromatic rings. The second-order valence-corrected chi connectivity index (χ2v) is 5.16. The molecule has 1 aromatic heterocycles. The minimum Gasteiger partial charge on any atom is -0.329 e. The van der Waals surface area contributed by atoms with Gasteiger partial charge in [-0.05, 0) is 19.8 Å². The van der Waals surface area contributed by atoms with Gasteiger partial charge in [-0.1, -0.05) is 12.8 Å². The standard InChI is InChI=1S/C11H19N3S.ClH/c1-9-8-15-10(14-9)11(13-7-6-12)4-2-3-5-11;/h8,13H,2-7,12H2,1H3;1H. The number of rotatable bonds is 4. The molecule has 0 bridgehead atoms. The molecule has 0 atom stereocenters. The fourth-order valence-electron chi connectivity index (χ4n) is 2.33. The van der Waals surface area contributed by atoms with Crippen LogP contribution in [0.2, 0.25) is 0 Å². The molecular formula is C11H20ClN3S. The van der Waals surface area contributed by atoms with Crippen LogP contribution in [0, 0.1) is 6.92 Å². The number of nitrogens with one attached hydrogen (secondary N) is 1. The largest absolute Gasteiger partial charge is 0.329 e. The molecule has 0 aliphatic heterocycles. The lowest BCUT2D eigenvalue weighted by Gasteiger charge is -2.28. The average Bonchev–Trinajstić information content (AvgIpc) is 2.84. The van der Waals surface area contributed by atoms with Crippen LogP contribution in [0.5, 0.6) is 0 Å². The second kappa shape index (κ2) is 5.96. The molecule has 2 rings (SSSR count). The highest BCUT2D eigenvalue weighted by Crippen LogP contribution is 2.39. The van der Waals surface area contributed by atoms with Gasteiger partial charge in [0.1, 0.15) is 5.01 Å². The lowest BCUT2D eigenvalue weighted by atomic mass is 9.98. The fourth-order valence-corrected chi connectivity index (χ4v) is 3.36. The molecule has 0 saturated heterocycles. The summed E-state index contributed by atoms with van der Waals surface area (Å²) in [6.45, 7) is 3.65. The van der Waals surface area contributed by atoms with E-state index in [9.17, 15) is 0 Å². The number of aryl methyl sites for hydroxylation is 1. The Morgan fingerprint density at radius 1 is 1.50 bits per heavy atom. The van der Waals surface area contributed by atoms with Crippen molar-refractivity contribution in [2.45, 2.75) is 38.1 Å². The van der Waals surface area contributed by atoms with E-state index in [2.05, 4.69) is 22.6 Å². The molecule has 3 N–H and O–H groups in total. The molecule has 5 heteroatoms. The van der Waals surface area contributed by atoms with Crippen molar-refractivity contribution in [1.29, 1.82) is 0 Å². The van der Waals surface area contributed by atoms with Crippen LogP contribution in [0.1, 0.15) is 36.4 Å². The lowest BCUT2D eigenvalue weighted by Crippen LogP contribution is -2.42. The zero-order valence-electron chi connectivity index (χ0n) is 9.66. The summed E-state index contributed by atoms with van der Waals surface area (Å²) in [6.07, 6.45) is 5.02. The Morgan fingerprint density at radius 3 is 2.69 bits per heavy atom. The predicted molar refractivity (Wildman–Crippen MR) is 71.3 cm³/mol. The Balaban J connectivity index is 0.00000128. The van der Waals surface area contributed by atoms with Crippen LogP contribution in [0.4, 0.5) is 0 Å². The summed E-state index contributed by atoms with van der Waals surface area (Å²) in [6, 6.07) is 0. The third-order valence-corrected chi connectivity index (χ3v) is 4.26. The molecule has 92 valence electrons. The Kier molecular flexibility index (Phi) is 5.18. The van der Waals surface area contributed by atoms with Gasteiger partial charge >= 0.3 is 0 Å². The van der Waals surface area contributed by atoms with E-state index in [1.165, 1.54) is 30.7 Å². The molecule has 1 aliphatic rings. The first-order chi connectivity index (χ1) is 7.27. The van der Waals surface area contributed by atoms with Gasteiger partial charge in [0.15, 0.2) is 0 Å². The number of nitrogens with two attached hydrogens (primary N) is 1. The normalized spacial score (nSPS) is 18.4. The molecule has 1 saturated carbocycles. The van der Waals surface area contributed by atoms with Crippen LogP contribution >= 0.6 is 23.7 Å². The second-order valence-electron chi connectivity index (χ2n) is 4.30. The van der Waals surface area contributed by atoms with Gasteiger partial charge in [-0.2, -0.15) is 0 Å². The molecule has 16 heavy (non-hydrogen) atoms. The molecule has 0 radical (unpaired) electrons. The van der Waals surface area contributed by atoms with Crippen molar-refractivity contribution in [3.63, 3.8) is 0 Å². The van der Waals surface area contributed by atoms with Crippen molar-refractivity contribution >= 4 is 23.7 Å². The summed E-state index contributed by atoms with van der Waals surface area (Å²) in [7, 11) is 0. The van der Waals surface area contributed by atoms with E-state index in [-0.39, 0.29) is 17.9 Å². The summed E-state index contributed by atoms with van der Waals surface area (Å²) in [5, 5.41) is 6.99. The van der Waals surface area contributed by atoms with E-state index in [0.717, 1.165) is 12.2 Å². The highest BCUT2D eigenvalue weighted by atomic mass is 35.5. The average molecular weight is 262 g/mol. The van der Waals surface area contributed by atoms with Gasteiger partial charge in [-0.15, -0.1) is 23.7 Å². The van der Waals surface area contributed by atoms with E-state index >= 15 is 0 Å². The Hall–Kier alpha value is -0.160. The van der Waals surface area contributed by atoms with E-state index in [1.807, 2.05) is 0 Å². The lowest BCUT2D eigenvalue weighted by molar-refractivity contribution is 0.344. The Bertz CT molecular complexity index is 321. The van der Waals surface area contributed by atoms with Gasteiger partial charge in [0.2, 0.25) is 0 Å². The molecule has 3 nitrogen and oxygen atoms in total. The molecule has 0 spiro atoms. The third-order valence-electron chi connectivity index (χ3n) is 3.09. The minimum atomic E-state index is 0. The molecule has 0 aromatic carbocycles. The van der Waals surface area contributed by atoms with Crippen molar-refractivity contribution in [2.24, 2.45) is 5.73 Å². The SMILES string of the molecule is Cc1csc(C2(NCCN)CCCC2)n1.Cl. The number of halogens is 1. The highest BCUT2D eigenvalue weighted by Gasteiger charge is 2.37. The van der Waals surface area contributed by atoms with Crippen LogP contribution in [-0.4, -0.2) is 18.1 Å². The van der Waals surface area contributed by atoms with Crippen molar-refractivity contribution in [2.75, 3.05) is 13.1 Å².